The summed E-state index contributed by atoms with van der Waals surface area (Å²) in [5.74, 6) is -2.43. The van der Waals surface area contributed by atoms with E-state index in [9.17, 15) is 28.8 Å². The maximum Gasteiger partial charge on any atom is 0.407 e. The van der Waals surface area contributed by atoms with E-state index in [4.69, 9.17) is 19.0 Å². The molecular formula is C25H33N3O10. The van der Waals surface area contributed by atoms with Crippen LogP contribution in [0.25, 0.3) is 0 Å². The van der Waals surface area contributed by atoms with Crippen molar-refractivity contribution in [2.75, 3.05) is 39.5 Å². The van der Waals surface area contributed by atoms with Crippen molar-refractivity contribution in [1.29, 1.82) is 0 Å². The molecule has 13 nitrogen and oxygen atoms in total. The number of ether oxygens (including phenoxy) is 3. The minimum absolute atomic E-state index is 0.0265. The summed E-state index contributed by atoms with van der Waals surface area (Å²) in [6.45, 7) is 3.05. The molecule has 0 saturated carbocycles. The predicted molar refractivity (Wildman–Crippen MR) is 129 cm³/mol. The Hall–Kier alpha value is -3.58. The molecule has 0 aromatic heterocycles. The van der Waals surface area contributed by atoms with Crippen molar-refractivity contribution in [2.24, 2.45) is 5.41 Å². The summed E-state index contributed by atoms with van der Waals surface area (Å²) < 4.78 is 16.2. The Morgan fingerprint density at radius 1 is 0.974 bits per heavy atom. The average molecular weight is 536 g/mol. The number of nitrogens with zero attached hydrogens (tertiary/aromatic N) is 2. The smallest absolute Gasteiger partial charge is 0.407 e. The molecule has 1 fully saturated rings. The number of carbonyl (C=O) groups is 6. The van der Waals surface area contributed by atoms with Gasteiger partial charge in [-0.2, -0.15) is 0 Å². The van der Waals surface area contributed by atoms with Gasteiger partial charge in [0.2, 0.25) is 0 Å². The summed E-state index contributed by atoms with van der Waals surface area (Å²) in [4.78, 5) is 77.5. The molecule has 3 aliphatic rings. The van der Waals surface area contributed by atoms with Gasteiger partial charge in [-0.15, -0.1) is 5.06 Å². The topological polar surface area (TPSA) is 158 Å². The van der Waals surface area contributed by atoms with Gasteiger partial charge in [-0.05, 0) is 38.7 Å². The lowest BCUT2D eigenvalue weighted by molar-refractivity contribution is -0.205. The SMILES string of the molecule is CC1(C(=O)ON2C(=O)CCC2=O)CC/C=C/C(OC(=O)NCCOCCOCCN2C(=O)C=CC2=O)CC1. The normalized spacial score (nSPS) is 24.4. The first kappa shape index (κ1) is 29.0. The highest BCUT2D eigenvalue weighted by Gasteiger charge is 2.41. The van der Waals surface area contributed by atoms with Crippen LogP contribution in [0.2, 0.25) is 0 Å². The lowest BCUT2D eigenvalue weighted by atomic mass is 9.79. The van der Waals surface area contributed by atoms with Crippen molar-refractivity contribution in [3.63, 3.8) is 0 Å². The number of alkyl carbamates (subject to hydrolysis) is 1. The van der Waals surface area contributed by atoms with Crippen LogP contribution in [0.4, 0.5) is 4.79 Å². The van der Waals surface area contributed by atoms with Gasteiger partial charge in [0.05, 0.1) is 38.4 Å². The number of allylic oxidation sites excluding steroid dienone is 1. The van der Waals surface area contributed by atoms with Gasteiger partial charge in [-0.25, -0.2) is 9.59 Å². The van der Waals surface area contributed by atoms with Crippen molar-refractivity contribution < 1.29 is 47.8 Å². The summed E-state index contributed by atoms with van der Waals surface area (Å²) in [6, 6.07) is 0. The monoisotopic (exact) mass is 535 g/mol. The number of nitrogens with one attached hydrogen (secondary N) is 1. The van der Waals surface area contributed by atoms with Crippen LogP contribution in [-0.4, -0.2) is 91.3 Å². The maximum atomic E-state index is 12.8. The third-order valence-corrected chi connectivity index (χ3v) is 6.37. The lowest BCUT2D eigenvalue weighted by Crippen LogP contribution is -2.40. The molecule has 2 atom stereocenters. The summed E-state index contributed by atoms with van der Waals surface area (Å²) in [6.07, 6.45) is 6.58. The fourth-order valence-electron chi connectivity index (χ4n) is 4.02. The minimum Gasteiger partial charge on any atom is -0.442 e. The van der Waals surface area contributed by atoms with Crippen molar-refractivity contribution >= 4 is 35.7 Å². The molecule has 2 heterocycles. The third kappa shape index (κ3) is 8.21. The fraction of sp³-hybridized carbons (Fsp3) is 0.600. The van der Waals surface area contributed by atoms with Gasteiger partial charge in [0.1, 0.15) is 6.10 Å². The first-order chi connectivity index (χ1) is 18.2. The van der Waals surface area contributed by atoms with Crippen molar-refractivity contribution in [1.82, 2.24) is 15.3 Å². The molecule has 1 aliphatic carbocycles. The molecule has 0 aromatic rings. The number of rotatable bonds is 12. The highest BCUT2D eigenvalue weighted by molar-refractivity contribution is 6.12. The zero-order valence-corrected chi connectivity index (χ0v) is 21.3. The molecule has 2 aliphatic heterocycles. The van der Waals surface area contributed by atoms with E-state index in [-0.39, 0.29) is 64.2 Å². The van der Waals surface area contributed by atoms with Crippen LogP contribution < -0.4 is 5.32 Å². The molecule has 0 radical (unpaired) electrons. The molecule has 208 valence electrons. The summed E-state index contributed by atoms with van der Waals surface area (Å²) in [7, 11) is 0. The zero-order valence-electron chi connectivity index (χ0n) is 21.3. The summed E-state index contributed by atoms with van der Waals surface area (Å²) in [5.41, 5.74) is -0.946. The molecular weight excluding hydrogens is 502 g/mol. The summed E-state index contributed by atoms with van der Waals surface area (Å²) >= 11 is 0. The van der Waals surface area contributed by atoms with Crippen LogP contribution in [0.5, 0.6) is 0 Å². The lowest BCUT2D eigenvalue weighted by Gasteiger charge is -2.30. The molecule has 2 unspecified atom stereocenters. The highest BCUT2D eigenvalue weighted by Crippen LogP contribution is 2.34. The second kappa shape index (κ2) is 13.8. The fourth-order valence-corrected chi connectivity index (χ4v) is 4.02. The number of carbonyl (C=O) groups excluding carboxylic acids is 6. The second-order valence-corrected chi connectivity index (χ2v) is 9.28. The van der Waals surface area contributed by atoms with Gasteiger partial charge in [-0.3, -0.25) is 24.1 Å². The van der Waals surface area contributed by atoms with Crippen LogP contribution in [0.15, 0.2) is 24.3 Å². The van der Waals surface area contributed by atoms with Gasteiger partial charge in [0.25, 0.3) is 23.6 Å². The van der Waals surface area contributed by atoms with E-state index in [0.717, 1.165) is 4.90 Å². The largest absolute Gasteiger partial charge is 0.442 e. The van der Waals surface area contributed by atoms with Crippen LogP contribution >= 0.6 is 0 Å². The standard InChI is InChI=1S/C25H33N3O10/c1-25(23(33)38-28-21(31)7-8-22(28)32)10-3-2-4-18(9-11-25)37-24(34)26-12-14-35-16-17-36-15-13-27-19(29)5-6-20(27)30/h2,4-6,18H,3,7-17H2,1H3,(H,26,34)/b4-2+. The van der Waals surface area contributed by atoms with E-state index in [0.29, 0.717) is 30.7 Å². The van der Waals surface area contributed by atoms with Gasteiger partial charge in [0.15, 0.2) is 0 Å². The molecule has 38 heavy (non-hydrogen) atoms. The Morgan fingerprint density at radius 2 is 1.63 bits per heavy atom. The number of hydrogen-bond donors (Lipinski definition) is 1. The first-order valence-electron chi connectivity index (χ1n) is 12.6. The van der Waals surface area contributed by atoms with Crippen LogP contribution in [-0.2, 0) is 43.0 Å². The molecule has 3 rings (SSSR count). The number of hydroxylamine groups is 2. The number of imide groups is 2. The average Bonchev–Trinajstić information content (AvgIpc) is 3.37. The quantitative estimate of drug-likeness (QED) is 0.215. The Kier molecular flexibility index (Phi) is 10.5. The predicted octanol–water partition coefficient (Wildman–Crippen LogP) is 0.783. The highest BCUT2D eigenvalue weighted by atomic mass is 16.7. The van der Waals surface area contributed by atoms with Crippen molar-refractivity contribution in [3.05, 3.63) is 24.3 Å². The molecule has 0 spiro atoms. The maximum absolute atomic E-state index is 12.8. The molecule has 0 bridgehead atoms. The van der Waals surface area contributed by atoms with E-state index >= 15 is 0 Å². The zero-order chi connectivity index (χ0) is 27.5. The minimum atomic E-state index is -0.946. The van der Waals surface area contributed by atoms with Crippen LogP contribution in [0.3, 0.4) is 0 Å². The Labute approximate surface area is 220 Å². The van der Waals surface area contributed by atoms with E-state index in [2.05, 4.69) is 5.32 Å². The van der Waals surface area contributed by atoms with Crippen LogP contribution in [0, 0.1) is 5.41 Å². The molecule has 13 heteroatoms. The Bertz CT molecular complexity index is 960. The van der Waals surface area contributed by atoms with E-state index in [1.165, 1.54) is 12.2 Å². The molecule has 5 amide bonds. The molecule has 1 saturated heterocycles. The van der Waals surface area contributed by atoms with Crippen molar-refractivity contribution in [2.45, 2.75) is 51.6 Å². The Balaban J connectivity index is 1.27. The number of amides is 5. The Morgan fingerprint density at radius 3 is 2.32 bits per heavy atom. The molecule has 1 N–H and O–H groups in total. The summed E-state index contributed by atoms with van der Waals surface area (Å²) in [5, 5.41) is 3.14. The van der Waals surface area contributed by atoms with Crippen molar-refractivity contribution in [3.8, 4) is 0 Å². The van der Waals surface area contributed by atoms with Gasteiger partial charge in [0, 0.05) is 31.5 Å². The van der Waals surface area contributed by atoms with Gasteiger partial charge < -0.3 is 24.4 Å². The van der Waals surface area contributed by atoms with E-state index < -0.39 is 35.4 Å². The number of hydrogen-bond acceptors (Lipinski definition) is 10. The van der Waals surface area contributed by atoms with Crippen LogP contribution in [0.1, 0.15) is 45.4 Å². The molecule has 0 aromatic carbocycles. The van der Waals surface area contributed by atoms with Gasteiger partial charge in [-0.1, -0.05) is 6.08 Å². The van der Waals surface area contributed by atoms with Gasteiger partial charge >= 0.3 is 12.1 Å². The third-order valence-electron chi connectivity index (χ3n) is 6.37. The first-order valence-corrected chi connectivity index (χ1v) is 12.6. The van der Waals surface area contributed by atoms with E-state index in [1.807, 2.05) is 6.08 Å². The second-order valence-electron chi connectivity index (χ2n) is 9.28. The van der Waals surface area contributed by atoms with E-state index in [1.54, 1.807) is 13.0 Å².